The molecule has 0 heterocycles. The van der Waals surface area contributed by atoms with Gasteiger partial charge in [-0.2, -0.15) is 0 Å². The Morgan fingerprint density at radius 3 is 2.67 bits per heavy atom. The molecule has 0 fully saturated rings. The van der Waals surface area contributed by atoms with Crippen LogP contribution in [0.15, 0.2) is 18.2 Å². The predicted molar refractivity (Wildman–Crippen MR) is 71.0 cm³/mol. The van der Waals surface area contributed by atoms with Gasteiger partial charge in [0.25, 0.3) is 0 Å². The highest BCUT2D eigenvalue weighted by Gasteiger charge is 2.13. The lowest BCUT2D eigenvalue weighted by atomic mass is 10.1. The number of methoxy groups -OCH3 is 1. The van der Waals surface area contributed by atoms with Gasteiger partial charge >= 0.3 is 0 Å². The Kier molecular flexibility index (Phi) is 5.82. The third-order valence-corrected chi connectivity index (χ3v) is 2.93. The number of ether oxygens (including phenoxy) is 1. The Balaban J connectivity index is 2.95. The zero-order valence-electron chi connectivity index (χ0n) is 11.2. The fourth-order valence-corrected chi connectivity index (χ4v) is 1.86. The van der Waals surface area contributed by atoms with Crippen molar-refractivity contribution in [2.45, 2.75) is 26.4 Å². The van der Waals surface area contributed by atoms with Crippen LogP contribution >= 0.6 is 0 Å². The number of carbonyl (C=O) groups excluding carboxylic acids is 1. The van der Waals surface area contributed by atoms with Crippen LogP contribution in [-0.2, 0) is 6.54 Å². The standard InChI is InChI=1S/C14H21NO3/c1-11(2)15(6-7-16)9-13-8-12(10-17)4-5-14(13)18-3/h4-5,8,10-11,16H,6-7,9H2,1-3H3. The number of nitrogens with zero attached hydrogens (tertiary/aromatic N) is 1. The minimum Gasteiger partial charge on any atom is -0.496 e. The van der Waals surface area contributed by atoms with Crippen LogP contribution in [0.25, 0.3) is 0 Å². The van der Waals surface area contributed by atoms with Gasteiger partial charge in [-0.05, 0) is 32.0 Å². The van der Waals surface area contributed by atoms with Gasteiger partial charge in [0.05, 0.1) is 13.7 Å². The van der Waals surface area contributed by atoms with Crippen molar-refractivity contribution in [2.24, 2.45) is 0 Å². The molecule has 1 rings (SSSR count). The van der Waals surface area contributed by atoms with Crippen LogP contribution in [0, 0.1) is 0 Å². The summed E-state index contributed by atoms with van der Waals surface area (Å²) in [4.78, 5) is 12.9. The first-order valence-corrected chi connectivity index (χ1v) is 6.09. The van der Waals surface area contributed by atoms with Crippen LogP contribution in [0.4, 0.5) is 0 Å². The molecule has 0 atom stereocenters. The van der Waals surface area contributed by atoms with E-state index in [2.05, 4.69) is 18.7 Å². The lowest BCUT2D eigenvalue weighted by Gasteiger charge is -2.26. The zero-order valence-corrected chi connectivity index (χ0v) is 11.2. The van der Waals surface area contributed by atoms with E-state index in [9.17, 15) is 4.79 Å². The maximum Gasteiger partial charge on any atom is 0.150 e. The molecule has 1 aromatic carbocycles. The van der Waals surface area contributed by atoms with E-state index in [4.69, 9.17) is 9.84 Å². The van der Waals surface area contributed by atoms with Gasteiger partial charge in [0.2, 0.25) is 0 Å². The Morgan fingerprint density at radius 2 is 2.17 bits per heavy atom. The number of carbonyl (C=O) groups is 1. The second kappa shape index (κ2) is 7.13. The average molecular weight is 251 g/mol. The van der Waals surface area contributed by atoms with Crippen molar-refractivity contribution >= 4 is 6.29 Å². The second-order valence-electron chi connectivity index (χ2n) is 4.48. The third-order valence-electron chi connectivity index (χ3n) is 2.93. The van der Waals surface area contributed by atoms with Crippen LogP contribution in [0.1, 0.15) is 29.8 Å². The summed E-state index contributed by atoms with van der Waals surface area (Å²) in [6.45, 7) is 5.53. The molecule has 0 radical (unpaired) electrons. The van der Waals surface area contributed by atoms with Crippen LogP contribution in [0.5, 0.6) is 5.75 Å². The quantitative estimate of drug-likeness (QED) is 0.750. The van der Waals surface area contributed by atoms with Crippen LogP contribution in [0.3, 0.4) is 0 Å². The molecule has 0 aliphatic rings. The minimum atomic E-state index is 0.119. The second-order valence-corrected chi connectivity index (χ2v) is 4.48. The first-order chi connectivity index (χ1) is 8.62. The van der Waals surface area contributed by atoms with Crippen LogP contribution < -0.4 is 4.74 Å². The fourth-order valence-electron chi connectivity index (χ4n) is 1.86. The molecule has 100 valence electrons. The lowest BCUT2D eigenvalue weighted by molar-refractivity contribution is 0.112. The van der Waals surface area contributed by atoms with Gasteiger partial charge in [0.15, 0.2) is 0 Å². The van der Waals surface area contributed by atoms with Crippen molar-refractivity contribution in [1.82, 2.24) is 4.90 Å². The van der Waals surface area contributed by atoms with E-state index in [1.165, 1.54) is 0 Å². The smallest absolute Gasteiger partial charge is 0.150 e. The summed E-state index contributed by atoms with van der Waals surface area (Å²) >= 11 is 0. The first kappa shape index (κ1) is 14.7. The van der Waals surface area contributed by atoms with Gasteiger partial charge in [-0.1, -0.05) is 0 Å². The number of rotatable bonds is 7. The summed E-state index contributed by atoms with van der Waals surface area (Å²) in [5, 5.41) is 9.06. The van der Waals surface area contributed by atoms with Crippen LogP contribution in [-0.4, -0.2) is 42.6 Å². The molecule has 1 aromatic rings. The molecule has 4 heteroatoms. The highest BCUT2D eigenvalue weighted by Crippen LogP contribution is 2.21. The summed E-state index contributed by atoms with van der Waals surface area (Å²) in [6.07, 6.45) is 0.828. The van der Waals surface area contributed by atoms with Crippen molar-refractivity contribution in [3.05, 3.63) is 29.3 Å². The fraction of sp³-hybridized carbons (Fsp3) is 0.500. The Hall–Kier alpha value is -1.39. The molecule has 0 saturated carbocycles. The summed E-state index contributed by atoms with van der Waals surface area (Å²) in [6, 6.07) is 5.69. The Labute approximate surface area is 108 Å². The van der Waals surface area contributed by atoms with Crippen molar-refractivity contribution in [3.8, 4) is 5.75 Å². The molecule has 0 bridgehead atoms. The third kappa shape index (κ3) is 3.82. The minimum absolute atomic E-state index is 0.119. The van der Waals surface area contributed by atoms with Gasteiger partial charge in [-0.25, -0.2) is 0 Å². The maximum absolute atomic E-state index is 10.8. The molecule has 0 aliphatic heterocycles. The highest BCUT2D eigenvalue weighted by molar-refractivity contribution is 5.75. The normalized spacial score (nSPS) is 11.0. The molecular weight excluding hydrogens is 230 g/mol. The molecule has 18 heavy (non-hydrogen) atoms. The number of aliphatic hydroxyl groups is 1. The topological polar surface area (TPSA) is 49.8 Å². The van der Waals surface area contributed by atoms with E-state index < -0.39 is 0 Å². The number of aldehydes is 1. The van der Waals surface area contributed by atoms with E-state index >= 15 is 0 Å². The molecular formula is C14H21NO3. The van der Waals surface area contributed by atoms with E-state index in [1.54, 1.807) is 19.2 Å². The van der Waals surface area contributed by atoms with Crippen molar-refractivity contribution < 1.29 is 14.6 Å². The maximum atomic E-state index is 10.8. The number of hydrogen-bond acceptors (Lipinski definition) is 4. The van der Waals surface area contributed by atoms with E-state index in [-0.39, 0.29) is 6.61 Å². The monoisotopic (exact) mass is 251 g/mol. The highest BCUT2D eigenvalue weighted by atomic mass is 16.5. The van der Waals surface area contributed by atoms with Gasteiger partial charge in [-0.15, -0.1) is 0 Å². The lowest BCUT2D eigenvalue weighted by Crippen LogP contribution is -2.33. The van der Waals surface area contributed by atoms with Crippen molar-refractivity contribution in [3.63, 3.8) is 0 Å². The predicted octanol–water partition coefficient (Wildman–Crippen LogP) is 1.71. The van der Waals surface area contributed by atoms with E-state index in [0.29, 0.717) is 24.7 Å². The van der Waals surface area contributed by atoms with Gasteiger partial charge in [0, 0.05) is 30.3 Å². The number of aliphatic hydroxyl groups excluding tert-OH is 1. The Morgan fingerprint density at radius 1 is 1.44 bits per heavy atom. The molecule has 0 spiro atoms. The first-order valence-electron chi connectivity index (χ1n) is 6.09. The summed E-state index contributed by atoms with van der Waals surface area (Å²) in [5.41, 5.74) is 1.60. The SMILES string of the molecule is COc1ccc(C=O)cc1CN(CCO)C(C)C. The Bertz CT molecular complexity index is 391. The summed E-state index contributed by atoms with van der Waals surface area (Å²) in [5.74, 6) is 0.768. The van der Waals surface area contributed by atoms with Gasteiger partial charge < -0.3 is 9.84 Å². The summed E-state index contributed by atoms with van der Waals surface area (Å²) < 4.78 is 5.30. The van der Waals surface area contributed by atoms with Crippen molar-refractivity contribution in [1.29, 1.82) is 0 Å². The van der Waals surface area contributed by atoms with E-state index in [0.717, 1.165) is 17.6 Å². The zero-order chi connectivity index (χ0) is 13.5. The molecule has 0 amide bonds. The molecule has 0 saturated heterocycles. The van der Waals surface area contributed by atoms with E-state index in [1.807, 2.05) is 6.07 Å². The average Bonchev–Trinajstić information content (AvgIpc) is 2.37. The van der Waals surface area contributed by atoms with Gasteiger partial charge in [0.1, 0.15) is 12.0 Å². The largest absolute Gasteiger partial charge is 0.496 e. The van der Waals surface area contributed by atoms with Crippen molar-refractivity contribution in [2.75, 3.05) is 20.3 Å². The van der Waals surface area contributed by atoms with Gasteiger partial charge in [-0.3, -0.25) is 9.69 Å². The number of hydrogen-bond donors (Lipinski definition) is 1. The molecule has 1 N–H and O–H groups in total. The number of benzene rings is 1. The summed E-state index contributed by atoms with van der Waals surface area (Å²) in [7, 11) is 1.62. The molecule has 0 aromatic heterocycles. The molecule has 4 nitrogen and oxygen atoms in total. The van der Waals surface area contributed by atoms with Crippen LogP contribution in [0.2, 0.25) is 0 Å². The molecule has 0 aliphatic carbocycles. The molecule has 0 unspecified atom stereocenters.